The third-order valence-electron chi connectivity index (χ3n) is 12.0. The van der Waals surface area contributed by atoms with Crippen molar-refractivity contribution in [2.24, 2.45) is 0 Å². The Bertz CT molecular complexity index is 3900. The Balaban J connectivity index is 0.742. The number of H-pyrrole nitrogens is 1. The number of aromatic carboxylic acids is 1. The van der Waals surface area contributed by atoms with Crippen LogP contribution in [0, 0.1) is 0 Å². The Morgan fingerprint density at radius 2 is 1.57 bits per heavy atom. The highest BCUT2D eigenvalue weighted by Gasteiger charge is 2.35. The maximum atomic E-state index is 14.2. The first-order valence-electron chi connectivity index (χ1n) is 23.4. The number of rotatable bonds is 20. The van der Waals surface area contributed by atoms with E-state index in [1.54, 1.807) is 6.07 Å². The molecule has 0 spiro atoms. The second-order valence-electron chi connectivity index (χ2n) is 17.3. The fourth-order valence-electron chi connectivity index (χ4n) is 8.26. The van der Waals surface area contributed by atoms with E-state index in [2.05, 4.69) is 57.8 Å². The van der Waals surface area contributed by atoms with Crippen molar-refractivity contribution in [2.75, 3.05) is 32.9 Å². The molecule has 28 heteroatoms. The van der Waals surface area contributed by atoms with Crippen LogP contribution in [-0.2, 0) is 49.5 Å². The number of imidazole rings is 1. The number of carboxylic acid groups (broad SMARTS) is 2. The topological polar surface area (TPSA) is 325 Å². The van der Waals surface area contributed by atoms with Crippen LogP contribution in [0.2, 0.25) is 0 Å². The summed E-state index contributed by atoms with van der Waals surface area (Å²) in [7, 11) is 0. The average molecular weight is 1220 g/mol. The number of hydrogen-bond donors (Lipinski definition) is 7. The molecule has 0 saturated carbocycles. The van der Waals surface area contributed by atoms with Crippen LogP contribution >= 0.6 is 31.9 Å². The largest absolute Gasteiger partial charge is 0.507 e. The van der Waals surface area contributed by atoms with Gasteiger partial charge in [-0.05, 0) is 97.6 Å². The lowest BCUT2D eigenvalue weighted by molar-refractivity contribution is -0.138. The number of amides is 3. The number of benzene rings is 4. The summed E-state index contributed by atoms with van der Waals surface area (Å²) in [5.41, 5.74) is -3.61. The molecule has 0 bridgehead atoms. The molecule has 1 aliphatic heterocycles. The third kappa shape index (κ3) is 12.8. The lowest BCUT2D eigenvalue weighted by atomic mass is 9.90. The summed E-state index contributed by atoms with van der Waals surface area (Å²) in [5, 5.41) is 38.2. The number of nitrogens with one attached hydrogen (secondary N) is 4. The first-order chi connectivity index (χ1) is 37.6. The number of nitrogens with zero attached hydrogens (tertiary/aromatic N) is 4. The average Bonchev–Trinajstić information content (AvgIpc) is 4.20. The predicted octanol–water partition coefficient (Wildman–Crippen LogP) is 5.77. The second kappa shape index (κ2) is 23.8. The van der Waals surface area contributed by atoms with Crippen LogP contribution in [-0.4, -0.2) is 108 Å². The maximum Gasteiger partial charge on any atom is 0.419 e. The van der Waals surface area contributed by atoms with Crippen molar-refractivity contribution in [2.45, 2.75) is 38.5 Å². The zero-order valence-corrected chi connectivity index (χ0v) is 43.7. The molecule has 0 atom stereocenters. The van der Waals surface area contributed by atoms with Gasteiger partial charge >= 0.3 is 35.3 Å². The molecule has 7 N–H and O–H groups in total. The van der Waals surface area contributed by atoms with Gasteiger partial charge in [-0.1, -0.05) is 6.07 Å². The van der Waals surface area contributed by atoms with E-state index in [0.717, 1.165) is 15.2 Å². The van der Waals surface area contributed by atoms with Crippen LogP contribution < -0.4 is 32.5 Å². The van der Waals surface area contributed by atoms with Crippen molar-refractivity contribution in [1.29, 1.82) is 0 Å². The van der Waals surface area contributed by atoms with Gasteiger partial charge in [0.05, 0.1) is 46.8 Å². The van der Waals surface area contributed by atoms with Crippen molar-refractivity contribution in [3.05, 3.63) is 153 Å². The summed E-state index contributed by atoms with van der Waals surface area (Å²) in [5.74, 6) is -4.51. The van der Waals surface area contributed by atoms with Crippen LogP contribution in [0.5, 0.6) is 5.75 Å². The zero-order valence-electron chi connectivity index (χ0n) is 40.6. The molecule has 3 aromatic carbocycles. The number of aromatic nitrogens is 5. The molecule has 1 aliphatic carbocycles. The number of hydrogen-bond acceptors (Lipinski definition) is 14. The van der Waals surface area contributed by atoms with Crippen LogP contribution in [0.1, 0.15) is 50.4 Å². The van der Waals surface area contributed by atoms with Gasteiger partial charge in [0, 0.05) is 79.6 Å². The van der Waals surface area contributed by atoms with E-state index in [1.165, 1.54) is 67.4 Å². The molecule has 2 aliphatic rings. The van der Waals surface area contributed by atoms with Crippen LogP contribution in [0.25, 0.3) is 50.1 Å². The van der Waals surface area contributed by atoms with E-state index in [1.807, 2.05) is 0 Å². The van der Waals surface area contributed by atoms with E-state index >= 15 is 0 Å². The number of aliphatic carboxylic acids is 1. The quantitative estimate of drug-likeness (QED) is 0.0270. The molecule has 0 unspecified atom stereocenters. The number of carbonyl (C=O) groups is 6. The van der Waals surface area contributed by atoms with Gasteiger partial charge in [-0.3, -0.25) is 38.1 Å². The number of carbonyl (C=O) groups excluding carboxylic acids is 4. The molecule has 0 radical (unpaired) electrons. The highest BCUT2D eigenvalue weighted by Crippen LogP contribution is 2.47. The molecule has 410 valence electrons. The summed E-state index contributed by atoms with van der Waals surface area (Å²) >= 11 is 6.56. The minimum absolute atomic E-state index is 0.00268. The smallest absolute Gasteiger partial charge is 0.419 e. The van der Waals surface area contributed by atoms with Gasteiger partial charge < -0.3 is 54.7 Å². The molecule has 8 rings (SSSR count). The number of phenolic OH excluding ortho intramolecular Hbond substituents is 1. The number of phenols is 1. The van der Waals surface area contributed by atoms with Crippen LogP contribution in [0.15, 0.2) is 113 Å². The molecule has 79 heavy (non-hydrogen) atoms. The Morgan fingerprint density at radius 3 is 2.30 bits per heavy atom. The molecule has 3 aromatic heterocycles. The Labute approximate surface area is 457 Å². The van der Waals surface area contributed by atoms with Crippen LogP contribution in [0.3, 0.4) is 0 Å². The molecular formula is C51H41Br2F3N8O15. The predicted molar refractivity (Wildman–Crippen MR) is 279 cm³/mol. The van der Waals surface area contributed by atoms with Gasteiger partial charge in [-0.2, -0.15) is 13.2 Å². The summed E-state index contributed by atoms with van der Waals surface area (Å²) in [6, 6.07) is 12.8. The number of ether oxygens (including phenoxy) is 2. The summed E-state index contributed by atoms with van der Waals surface area (Å²) in [6.45, 7) is -1.22. The molecule has 4 heterocycles. The van der Waals surface area contributed by atoms with Gasteiger partial charge in [0.15, 0.2) is 16.8 Å². The Kier molecular flexibility index (Phi) is 17.0. The zero-order chi connectivity index (χ0) is 56.9. The third-order valence-corrected chi connectivity index (χ3v) is 13.5. The van der Waals surface area contributed by atoms with E-state index in [4.69, 9.17) is 13.9 Å². The lowest BCUT2D eigenvalue weighted by Crippen LogP contribution is -2.38. The van der Waals surface area contributed by atoms with Gasteiger partial charge in [0.1, 0.15) is 34.2 Å². The van der Waals surface area contributed by atoms with Gasteiger partial charge in [-0.25, -0.2) is 19.1 Å². The van der Waals surface area contributed by atoms with E-state index < -0.39 is 76.4 Å². The van der Waals surface area contributed by atoms with Crippen molar-refractivity contribution in [3.8, 4) is 33.9 Å². The standard InChI is InChI=1S/C51H41Br2F3N8O15/c52-42-36(65)5-3-29-41(30-4-6-37(66)43(53)45(30)79-44(29)42)28-2-1-26(17-31(28)49(74)75)46(71)58-12-14-77-15-16-78-50(76)63-22-27(60-24-63)9-11-57-38(67)7-8-39(68)59-20-25-10-13-62(21-25)34-19-35-33(18-32(34)51(54,55)56)61-47(72)48(73)64(35)23-40(69)70/h1-6,10,13,17-19,21-22,24,65H,7-9,11-12,14-16,20,23H2,(H,57,67)(H,58,71)(H,59,68)(H,61,72)(H,69,70)(H,74,75). The van der Waals surface area contributed by atoms with Crippen molar-refractivity contribution in [1.82, 2.24) is 39.6 Å². The summed E-state index contributed by atoms with van der Waals surface area (Å²) < 4.78 is 62.2. The number of aromatic amines is 1. The fourth-order valence-corrected chi connectivity index (χ4v) is 9.11. The molecule has 3 amide bonds. The lowest BCUT2D eigenvalue weighted by Gasteiger charge is -2.19. The normalized spacial score (nSPS) is 11.5. The highest BCUT2D eigenvalue weighted by molar-refractivity contribution is 9.11. The molecule has 23 nitrogen and oxygen atoms in total. The molecular weight excluding hydrogens is 1180 g/mol. The SMILES string of the molecule is O=C(O)Cn1c(=O)c(=O)[nH]c2cc(C(F)(F)F)c(-n3ccc(CNC(=O)CCC(=O)NCCc4cn(C(=O)OCCOCCNC(=O)c5ccc(-c6c7ccc(=O)c(Br)c-7oc7c(Br)c(O)ccc67)c(C(=O)O)c5)cn4)c3)cc21. The number of alkyl halides is 3. The fraction of sp³-hybridized carbons (Fsp3) is 0.216. The molecule has 0 saturated heterocycles. The summed E-state index contributed by atoms with van der Waals surface area (Å²) in [4.78, 5) is 118. The van der Waals surface area contributed by atoms with Crippen molar-refractivity contribution >= 4 is 89.6 Å². The van der Waals surface area contributed by atoms with Gasteiger partial charge in [0.25, 0.3) is 5.91 Å². The minimum Gasteiger partial charge on any atom is -0.507 e. The van der Waals surface area contributed by atoms with Crippen LogP contribution in [0.4, 0.5) is 18.0 Å². The van der Waals surface area contributed by atoms with Gasteiger partial charge in [-0.15, -0.1) is 0 Å². The number of carboxylic acids is 2. The molecule has 0 fully saturated rings. The maximum absolute atomic E-state index is 14.2. The van der Waals surface area contributed by atoms with E-state index in [-0.39, 0.29) is 112 Å². The number of fused-ring (bicyclic) bond motifs is 3. The minimum atomic E-state index is -4.94. The number of halogens is 5. The summed E-state index contributed by atoms with van der Waals surface area (Å²) in [6.07, 6.45) is -0.809. The highest BCUT2D eigenvalue weighted by atomic mass is 79.9. The van der Waals surface area contributed by atoms with Gasteiger partial charge in [0.2, 0.25) is 11.8 Å². The monoisotopic (exact) mass is 1220 g/mol. The Hall–Kier alpha value is -8.89. The van der Waals surface area contributed by atoms with Crippen molar-refractivity contribution in [3.63, 3.8) is 0 Å². The first-order valence-corrected chi connectivity index (χ1v) is 25.0. The van der Waals surface area contributed by atoms with E-state index in [9.17, 15) is 71.6 Å². The first kappa shape index (κ1) is 56.3. The van der Waals surface area contributed by atoms with E-state index in [0.29, 0.717) is 38.4 Å². The number of aromatic hydroxyl groups is 1. The second-order valence-corrected chi connectivity index (χ2v) is 18.8. The van der Waals surface area contributed by atoms with Crippen molar-refractivity contribution < 1.29 is 71.1 Å². The Morgan fingerprint density at radius 1 is 0.823 bits per heavy atom. The molecule has 6 aromatic rings.